The predicted octanol–water partition coefficient (Wildman–Crippen LogP) is 1.11. The summed E-state index contributed by atoms with van der Waals surface area (Å²) in [5.41, 5.74) is 1.72. The van der Waals surface area contributed by atoms with Crippen LogP contribution in [0.1, 0.15) is 23.8 Å². The van der Waals surface area contributed by atoms with Crippen molar-refractivity contribution in [2.75, 3.05) is 7.11 Å². The van der Waals surface area contributed by atoms with Gasteiger partial charge < -0.3 is 4.74 Å². The minimum absolute atomic E-state index is 0.235. The van der Waals surface area contributed by atoms with E-state index in [0.29, 0.717) is 6.04 Å². The zero-order valence-corrected chi connectivity index (χ0v) is 8.71. The molecule has 1 aliphatic carbocycles. The Morgan fingerprint density at radius 3 is 3.07 bits per heavy atom. The fraction of sp³-hybridized carbons (Fsp3) is 0.556. The lowest BCUT2D eigenvalue weighted by Gasteiger charge is -2.13. The van der Waals surface area contributed by atoms with E-state index in [1.165, 1.54) is 18.4 Å². The van der Waals surface area contributed by atoms with Crippen molar-refractivity contribution >= 4 is 17.3 Å². The average Bonchev–Trinajstić information content (AvgIpc) is 2.86. The first kappa shape index (κ1) is 9.61. The van der Waals surface area contributed by atoms with Crippen LogP contribution >= 0.6 is 11.3 Å². The molecule has 1 atom stereocenters. The van der Waals surface area contributed by atoms with Crippen LogP contribution in [0.3, 0.4) is 0 Å². The third-order valence-electron chi connectivity index (χ3n) is 2.15. The second-order valence-electron chi connectivity index (χ2n) is 3.30. The van der Waals surface area contributed by atoms with E-state index in [0.717, 1.165) is 17.7 Å². The second-order valence-corrected chi connectivity index (χ2v) is 4.22. The topological polar surface area (TPSA) is 51.2 Å². The first-order chi connectivity index (χ1) is 6.81. The second kappa shape index (κ2) is 4.06. The largest absolute Gasteiger partial charge is 0.468 e. The number of hydrogen-bond donors (Lipinski definition) is 1. The molecule has 1 heterocycles. The summed E-state index contributed by atoms with van der Waals surface area (Å²) in [4.78, 5) is 16.3. The number of carbonyl (C=O) groups is 1. The molecule has 1 N–H and O–H groups in total. The number of carbonyl (C=O) groups excluding carboxylic acids is 1. The number of nitrogens with zero attached hydrogens (tertiary/aromatic N) is 1. The van der Waals surface area contributed by atoms with Gasteiger partial charge in [0.15, 0.2) is 0 Å². The van der Waals surface area contributed by atoms with Crippen LogP contribution in [0.15, 0.2) is 11.7 Å². The van der Waals surface area contributed by atoms with E-state index >= 15 is 0 Å². The molecule has 1 aromatic rings. The molecule has 14 heavy (non-hydrogen) atoms. The number of thiazole rings is 1. The zero-order chi connectivity index (χ0) is 9.97. The van der Waals surface area contributed by atoms with Gasteiger partial charge in [-0.15, -0.1) is 11.3 Å². The van der Waals surface area contributed by atoms with Gasteiger partial charge in [0.2, 0.25) is 0 Å². The van der Waals surface area contributed by atoms with Crippen LogP contribution in [0, 0.1) is 0 Å². The first-order valence-corrected chi connectivity index (χ1v) is 5.41. The summed E-state index contributed by atoms with van der Waals surface area (Å²) < 4.78 is 4.74. The van der Waals surface area contributed by atoms with Crippen LogP contribution in [0.4, 0.5) is 0 Å². The molecule has 0 radical (unpaired) electrons. The van der Waals surface area contributed by atoms with E-state index < -0.39 is 0 Å². The van der Waals surface area contributed by atoms with Crippen molar-refractivity contribution in [2.24, 2.45) is 0 Å². The Labute approximate surface area is 86.3 Å². The predicted molar refractivity (Wildman–Crippen MR) is 53.0 cm³/mol. The average molecular weight is 212 g/mol. The van der Waals surface area contributed by atoms with E-state index in [-0.39, 0.29) is 12.0 Å². The van der Waals surface area contributed by atoms with E-state index in [4.69, 9.17) is 4.74 Å². The highest BCUT2D eigenvalue weighted by Crippen LogP contribution is 2.26. The maximum atomic E-state index is 11.5. The summed E-state index contributed by atoms with van der Waals surface area (Å²) >= 11 is 1.47. The Kier molecular flexibility index (Phi) is 2.79. The maximum Gasteiger partial charge on any atom is 0.328 e. The van der Waals surface area contributed by atoms with Crippen molar-refractivity contribution in [3.8, 4) is 0 Å². The quantitative estimate of drug-likeness (QED) is 0.760. The van der Waals surface area contributed by atoms with Gasteiger partial charge in [-0.3, -0.25) is 10.3 Å². The number of hydrogen-bond acceptors (Lipinski definition) is 5. The van der Waals surface area contributed by atoms with Gasteiger partial charge in [-0.05, 0) is 12.8 Å². The number of nitrogens with one attached hydrogen (secondary N) is 1. The molecular weight excluding hydrogens is 200 g/mol. The first-order valence-electron chi connectivity index (χ1n) is 4.53. The van der Waals surface area contributed by atoms with Crippen molar-refractivity contribution in [1.82, 2.24) is 10.3 Å². The van der Waals surface area contributed by atoms with Crippen LogP contribution in [-0.2, 0) is 9.53 Å². The summed E-state index contributed by atoms with van der Waals surface area (Å²) in [7, 11) is 1.41. The smallest absolute Gasteiger partial charge is 0.328 e. The number of methoxy groups -OCH3 is 1. The Bertz CT molecular complexity index is 309. The minimum Gasteiger partial charge on any atom is -0.468 e. The molecule has 1 aliphatic rings. The minimum atomic E-state index is -0.333. The van der Waals surface area contributed by atoms with Gasteiger partial charge in [-0.2, -0.15) is 0 Å². The van der Waals surface area contributed by atoms with Gasteiger partial charge >= 0.3 is 5.97 Å². The van der Waals surface area contributed by atoms with E-state index in [1.807, 2.05) is 0 Å². The van der Waals surface area contributed by atoms with E-state index in [1.54, 1.807) is 11.7 Å². The summed E-state index contributed by atoms with van der Waals surface area (Å²) in [6, 6.07) is 0.140. The van der Waals surface area contributed by atoms with Crippen molar-refractivity contribution < 1.29 is 9.53 Å². The molecule has 0 amide bonds. The summed E-state index contributed by atoms with van der Waals surface area (Å²) in [6.07, 6.45) is 4.00. The Balaban J connectivity index is 2.08. The summed E-state index contributed by atoms with van der Waals surface area (Å²) in [6.45, 7) is 0. The molecule has 0 spiro atoms. The molecule has 1 saturated carbocycles. The van der Waals surface area contributed by atoms with Crippen LogP contribution in [0.5, 0.6) is 0 Å². The van der Waals surface area contributed by atoms with Crippen LogP contribution in [0.25, 0.3) is 0 Å². The third-order valence-corrected chi connectivity index (χ3v) is 2.99. The molecule has 1 unspecified atom stereocenters. The van der Waals surface area contributed by atoms with Gasteiger partial charge in [0.05, 0.1) is 17.5 Å². The maximum absolute atomic E-state index is 11.5. The normalized spacial score (nSPS) is 17.8. The third kappa shape index (κ3) is 2.10. The van der Waals surface area contributed by atoms with Gasteiger partial charge in [0, 0.05) is 12.2 Å². The highest BCUT2D eigenvalue weighted by molar-refractivity contribution is 7.09. The standard InChI is InChI=1S/C9H12N2O2S/c1-13-9(12)8(11-6-2-3-6)7-4-10-5-14-7/h4-6,8,11H,2-3H2,1H3. The SMILES string of the molecule is COC(=O)C(NC1CC1)c1cncs1. The molecule has 4 nitrogen and oxygen atoms in total. The molecule has 0 aliphatic heterocycles. The summed E-state index contributed by atoms with van der Waals surface area (Å²) in [5, 5.41) is 3.24. The lowest BCUT2D eigenvalue weighted by Crippen LogP contribution is -2.30. The highest BCUT2D eigenvalue weighted by atomic mass is 32.1. The molecule has 0 bridgehead atoms. The molecule has 76 valence electrons. The summed E-state index contributed by atoms with van der Waals surface area (Å²) in [5.74, 6) is -0.235. The lowest BCUT2D eigenvalue weighted by molar-refractivity contribution is -0.143. The van der Waals surface area contributed by atoms with Crippen LogP contribution < -0.4 is 5.32 Å². The van der Waals surface area contributed by atoms with Crippen LogP contribution in [-0.4, -0.2) is 24.1 Å². The Morgan fingerprint density at radius 1 is 1.79 bits per heavy atom. The fourth-order valence-electron chi connectivity index (χ4n) is 1.24. The Hall–Kier alpha value is -0.940. The zero-order valence-electron chi connectivity index (χ0n) is 7.90. The molecule has 0 saturated heterocycles. The molecule has 1 fully saturated rings. The number of aromatic nitrogens is 1. The fourth-order valence-corrected chi connectivity index (χ4v) is 1.90. The van der Waals surface area contributed by atoms with E-state index in [2.05, 4.69) is 10.3 Å². The van der Waals surface area contributed by atoms with E-state index in [9.17, 15) is 4.79 Å². The Morgan fingerprint density at radius 2 is 2.57 bits per heavy atom. The van der Waals surface area contributed by atoms with Gasteiger partial charge in [0.1, 0.15) is 6.04 Å². The van der Waals surface area contributed by atoms with Crippen molar-refractivity contribution in [3.63, 3.8) is 0 Å². The molecular formula is C9H12N2O2S. The molecule has 0 aromatic carbocycles. The number of esters is 1. The number of ether oxygens (including phenoxy) is 1. The van der Waals surface area contributed by atoms with Crippen molar-refractivity contribution in [2.45, 2.75) is 24.9 Å². The highest BCUT2D eigenvalue weighted by Gasteiger charge is 2.30. The number of rotatable bonds is 4. The van der Waals surface area contributed by atoms with Gasteiger partial charge in [-0.25, -0.2) is 4.79 Å². The molecule has 5 heteroatoms. The lowest BCUT2D eigenvalue weighted by atomic mass is 10.2. The van der Waals surface area contributed by atoms with Crippen molar-refractivity contribution in [1.29, 1.82) is 0 Å². The van der Waals surface area contributed by atoms with Gasteiger partial charge in [0.25, 0.3) is 0 Å². The monoisotopic (exact) mass is 212 g/mol. The van der Waals surface area contributed by atoms with Crippen LogP contribution in [0.2, 0.25) is 0 Å². The van der Waals surface area contributed by atoms with Crippen molar-refractivity contribution in [3.05, 3.63) is 16.6 Å². The van der Waals surface area contributed by atoms with Gasteiger partial charge in [-0.1, -0.05) is 0 Å². The molecule has 1 aromatic heterocycles. The molecule has 2 rings (SSSR count).